The standard InChI is InChI=1S/C11H12N4/c1-12-11-7-10(14-8-15-11)6-9-4-2-3-5-13-9/h2-5,7-8H,6H2,1H3,(H,12,14,15). The third-order valence-corrected chi connectivity index (χ3v) is 2.07. The molecule has 0 amide bonds. The molecular formula is C11H12N4. The van der Waals surface area contributed by atoms with Gasteiger partial charge in [0, 0.05) is 31.4 Å². The van der Waals surface area contributed by atoms with Crippen molar-refractivity contribution in [1.82, 2.24) is 15.0 Å². The van der Waals surface area contributed by atoms with Gasteiger partial charge in [-0.2, -0.15) is 0 Å². The average molecular weight is 200 g/mol. The van der Waals surface area contributed by atoms with Crippen LogP contribution in [0.3, 0.4) is 0 Å². The predicted molar refractivity (Wildman–Crippen MR) is 58.6 cm³/mol. The summed E-state index contributed by atoms with van der Waals surface area (Å²) in [6, 6.07) is 7.79. The molecule has 0 fully saturated rings. The Balaban J connectivity index is 2.17. The van der Waals surface area contributed by atoms with Crippen molar-refractivity contribution >= 4 is 5.82 Å². The van der Waals surface area contributed by atoms with E-state index < -0.39 is 0 Å². The molecule has 2 aromatic rings. The molecule has 0 unspecified atom stereocenters. The molecule has 0 saturated heterocycles. The Bertz CT molecular complexity index is 428. The van der Waals surface area contributed by atoms with Gasteiger partial charge in [0.05, 0.1) is 5.69 Å². The number of aromatic nitrogens is 3. The number of hydrogen-bond acceptors (Lipinski definition) is 4. The monoisotopic (exact) mass is 200 g/mol. The lowest BCUT2D eigenvalue weighted by Gasteiger charge is -2.02. The summed E-state index contributed by atoms with van der Waals surface area (Å²) < 4.78 is 0. The molecule has 1 N–H and O–H groups in total. The molecule has 2 heterocycles. The largest absolute Gasteiger partial charge is 0.373 e. The lowest BCUT2D eigenvalue weighted by atomic mass is 10.2. The van der Waals surface area contributed by atoms with Crippen molar-refractivity contribution in [3.63, 3.8) is 0 Å². The van der Waals surface area contributed by atoms with Crippen LogP contribution < -0.4 is 5.32 Å². The van der Waals surface area contributed by atoms with E-state index in [1.807, 2.05) is 31.3 Å². The first-order valence-corrected chi connectivity index (χ1v) is 4.77. The first-order valence-electron chi connectivity index (χ1n) is 4.77. The van der Waals surface area contributed by atoms with Gasteiger partial charge in [-0.3, -0.25) is 4.98 Å². The van der Waals surface area contributed by atoms with E-state index in [0.717, 1.165) is 23.6 Å². The minimum absolute atomic E-state index is 0.734. The Labute approximate surface area is 88.4 Å². The fraction of sp³-hybridized carbons (Fsp3) is 0.182. The summed E-state index contributed by atoms with van der Waals surface area (Å²) in [6.45, 7) is 0. The number of nitrogens with one attached hydrogen (secondary N) is 1. The SMILES string of the molecule is CNc1cc(Cc2ccccn2)ncn1. The number of rotatable bonds is 3. The van der Waals surface area contributed by atoms with Crippen LogP contribution in [0.4, 0.5) is 5.82 Å². The summed E-state index contributed by atoms with van der Waals surface area (Å²) in [5.74, 6) is 0.830. The van der Waals surface area contributed by atoms with Crippen LogP contribution >= 0.6 is 0 Å². The predicted octanol–water partition coefficient (Wildman–Crippen LogP) is 1.50. The van der Waals surface area contributed by atoms with E-state index in [4.69, 9.17) is 0 Å². The van der Waals surface area contributed by atoms with Crippen molar-refractivity contribution in [1.29, 1.82) is 0 Å². The number of anilines is 1. The van der Waals surface area contributed by atoms with Crippen molar-refractivity contribution in [2.45, 2.75) is 6.42 Å². The zero-order valence-electron chi connectivity index (χ0n) is 8.51. The van der Waals surface area contributed by atoms with E-state index in [2.05, 4.69) is 20.3 Å². The number of nitrogens with zero attached hydrogens (tertiary/aromatic N) is 3. The molecule has 0 aliphatic carbocycles. The maximum absolute atomic E-state index is 4.25. The summed E-state index contributed by atoms with van der Waals surface area (Å²) in [6.07, 6.45) is 4.08. The quantitative estimate of drug-likeness (QED) is 0.815. The van der Waals surface area contributed by atoms with Crippen LogP contribution in [0.15, 0.2) is 36.8 Å². The van der Waals surface area contributed by atoms with Gasteiger partial charge in [0.2, 0.25) is 0 Å². The van der Waals surface area contributed by atoms with Crippen molar-refractivity contribution in [2.75, 3.05) is 12.4 Å². The molecule has 0 bridgehead atoms. The third-order valence-electron chi connectivity index (χ3n) is 2.07. The molecule has 76 valence electrons. The van der Waals surface area contributed by atoms with Crippen molar-refractivity contribution in [2.24, 2.45) is 0 Å². The smallest absolute Gasteiger partial charge is 0.129 e. The molecule has 0 atom stereocenters. The highest BCUT2D eigenvalue weighted by Gasteiger charge is 1.99. The minimum Gasteiger partial charge on any atom is -0.373 e. The fourth-order valence-corrected chi connectivity index (χ4v) is 1.32. The Kier molecular flexibility index (Phi) is 2.88. The normalized spacial score (nSPS) is 9.93. The van der Waals surface area contributed by atoms with Gasteiger partial charge in [0.1, 0.15) is 12.1 Å². The highest BCUT2D eigenvalue weighted by atomic mass is 15.0. The second-order valence-electron chi connectivity index (χ2n) is 3.14. The van der Waals surface area contributed by atoms with Crippen LogP contribution in [-0.4, -0.2) is 22.0 Å². The topological polar surface area (TPSA) is 50.7 Å². The molecule has 2 aromatic heterocycles. The molecule has 0 saturated carbocycles. The highest BCUT2D eigenvalue weighted by Crippen LogP contribution is 2.07. The van der Waals surface area contributed by atoms with Crippen LogP contribution in [-0.2, 0) is 6.42 Å². The number of pyridine rings is 1. The van der Waals surface area contributed by atoms with E-state index in [0.29, 0.717) is 0 Å². The summed E-state index contributed by atoms with van der Waals surface area (Å²) >= 11 is 0. The van der Waals surface area contributed by atoms with Crippen LogP contribution in [0.1, 0.15) is 11.4 Å². The summed E-state index contributed by atoms with van der Waals surface area (Å²) in [4.78, 5) is 12.5. The second kappa shape index (κ2) is 4.50. The maximum atomic E-state index is 4.25. The van der Waals surface area contributed by atoms with Gasteiger partial charge in [-0.05, 0) is 12.1 Å². The van der Waals surface area contributed by atoms with Crippen LogP contribution in [0.5, 0.6) is 0 Å². The average Bonchev–Trinajstić information content (AvgIpc) is 2.31. The summed E-state index contributed by atoms with van der Waals surface area (Å²) in [5, 5.41) is 2.98. The zero-order chi connectivity index (χ0) is 10.5. The van der Waals surface area contributed by atoms with E-state index >= 15 is 0 Å². The molecule has 4 heteroatoms. The minimum atomic E-state index is 0.734. The fourth-order valence-electron chi connectivity index (χ4n) is 1.32. The van der Waals surface area contributed by atoms with Crippen LogP contribution in [0.25, 0.3) is 0 Å². The molecular weight excluding hydrogens is 188 g/mol. The molecule has 0 aromatic carbocycles. The second-order valence-corrected chi connectivity index (χ2v) is 3.14. The van der Waals surface area contributed by atoms with Crippen molar-refractivity contribution in [3.8, 4) is 0 Å². The van der Waals surface area contributed by atoms with Crippen LogP contribution in [0.2, 0.25) is 0 Å². The Morgan fingerprint density at radius 2 is 2.07 bits per heavy atom. The highest BCUT2D eigenvalue weighted by molar-refractivity contribution is 5.34. The summed E-state index contributed by atoms with van der Waals surface area (Å²) in [5.41, 5.74) is 1.98. The zero-order valence-corrected chi connectivity index (χ0v) is 8.51. The van der Waals surface area contributed by atoms with Gasteiger partial charge in [-0.25, -0.2) is 9.97 Å². The molecule has 0 spiro atoms. The molecule has 4 nitrogen and oxygen atoms in total. The molecule has 0 aliphatic heterocycles. The van der Waals surface area contributed by atoms with Gasteiger partial charge < -0.3 is 5.32 Å². The summed E-state index contributed by atoms with van der Waals surface area (Å²) in [7, 11) is 1.84. The Hall–Kier alpha value is -1.97. The van der Waals surface area contributed by atoms with E-state index in [-0.39, 0.29) is 0 Å². The van der Waals surface area contributed by atoms with Gasteiger partial charge in [0.15, 0.2) is 0 Å². The van der Waals surface area contributed by atoms with E-state index in [1.165, 1.54) is 0 Å². The first-order chi connectivity index (χ1) is 7.38. The number of hydrogen-bond donors (Lipinski definition) is 1. The molecule has 15 heavy (non-hydrogen) atoms. The Morgan fingerprint density at radius 3 is 2.80 bits per heavy atom. The molecule has 0 radical (unpaired) electrons. The molecule has 0 aliphatic rings. The van der Waals surface area contributed by atoms with Gasteiger partial charge in [0.25, 0.3) is 0 Å². The lowest BCUT2D eigenvalue weighted by molar-refractivity contribution is 0.986. The van der Waals surface area contributed by atoms with E-state index in [9.17, 15) is 0 Å². The van der Waals surface area contributed by atoms with Gasteiger partial charge in [-0.1, -0.05) is 6.07 Å². The van der Waals surface area contributed by atoms with Crippen molar-refractivity contribution in [3.05, 3.63) is 48.2 Å². The van der Waals surface area contributed by atoms with E-state index in [1.54, 1.807) is 12.5 Å². The first kappa shape index (κ1) is 9.58. The lowest BCUT2D eigenvalue weighted by Crippen LogP contribution is -1.98. The molecule has 2 rings (SSSR count). The van der Waals surface area contributed by atoms with Gasteiger partial charge >= 0.3 is 0 Å². The van der Waals surface area contributed by atoms with Gasteiger partial charge in [-0.15, -0.1) is 0 Å². The Morgan fingerprint density at radius 1 is 1.13 bits per heavy atom. The van der Waals surface area contributed by atoms with Crippen molar-refractivity contribution < 1.29 is 0 Å². The van der Waals surface area contributed by atoms with Crippen LogP contribution in [0, 0.1) is 0 Å². The third kappa shape index (κ3) is 2.49. The maximum Gasteiger partial charge on any atom is 0.129 e.